The van der Waals surface area contributed by atoms with Gasteiger partial charge in [0, 0.05) is 38.2 Å². The summed E-state index contributed by atoms with van der Waals surface area (Å²) in [5.74, 6) is -1.05. The quantitative estimate of drug-likeness (QED) is 0.578. The third-order valence-electron chi connectivity index (χ3n) is 3.93. The summed E-state index contributed by atoms with van der Waals surface area (Å²) < 4.78 is 6.06. The zero-order valence-electron chi connectivity index (χ0n) is 14.5. The number of amides is 2. The lowest BCUT2D eigenvalue weighted by Crippen LogP contribution is -2.44. The maximum absolute atomic E-state index is 12.4. The monoisotopic (exact) mass is 368 g/mol. The first-order valence-corrected chi connectivity index (χ1v) is 8.28. The Morgan fingerprint density at radius 1 is 1.24 bits per heavy atom. The van der Waals surface area contributed by atoms with Crippen molar-refractivity contribution in [1.82, 2.24) is 19.8 Å². The second-order valence-corrected chi connectivity index (χ2v) is 6.01. The van der Waals surface area contributed by atoms with E-state index in [1.54, 1.807) is 20.0 Å². The highest BCUT2D eigenvalue weighted by Gasteiger charge is 2.29. The van der Waals surface area contributed by atoms with E-state index < -0.39 is 5.97 Å². The van der Waals surface area contributed by atoms with E-state index >= 15 is 0 Å². The second kappa shape index (κ2) is 8.15. The number of hydrazine groups is 1. The molecule has 0 aromatic carbocycles. The van der Waals surface area contributed by atoms with E-state index in [9.17, 15) is 14.4 Å². The van der Waals surface area contributed by atoms with Crippen molar-refractivity contribution in [1.29, 1.82) is 0 Å². The van der Waals surface area contributed by atoms with Crippen LogP contribution in [0.4, 0.5) is 0 Å². The first kappa shape index (κ1) is 19.0. The van der Waals surface area contributed by atoms with E-state index in [1.807, 2.05) is 0 Å². The maximum Gasteiger partial charge on any atom is 0.306 e. The van der Waals surface area contributed by atoms with Gasteiger partial charge in [-0.05, 0) is 19.4 Å². The van der Waals surface area contributed by atoms with Gasteiger partial charge < -0.3 is 4.74 Å². The second-order valence-electron chi connectivity index (χ2n) is 5.65. The molecule has 1 aromatic rings. The van der Waals surface area contributed by atoms with Gasteiger partial charge in [-0.25, -0.2) is 5.01 Å². The third kappa shape index (κ3) is 4.39. The Morgan fingerprint density at radius 2 is 1.92 bits per heavy atom. The van der Waals surface area contributed by atoms with E-state index in [0.717, 1.165) is 0 Å². The van der Waals surface area contributed by atoms with Crippen LogP contribution in [-0.4, -0.2) is 57.8 Å². The van der Waals surface area contributed by atoms with E-state index in [1.165, 1.54) is 27.9 Å². The van der Waals surface area contributed by atoms with Gasteiger partial charge in [-0.15, -0.1) is 0 Å². The largest absolute Gasteiger partial charge is 0.469 e. The van der Waals surface area contributed by atoms with E-state index in [4.69, 9.17) is 11.6 Å². The number of methoxy groups -OCH3 is 1. The minimum absolute atomic E-state index is 0.00576. The molecule has 1 fully saturated rings. The van der Waals surface area contributed by atoms with Crippen molar-refractivity contribution < 1.29 is 19.1 Å². The number of carbonyl (C=O) groups excluding carboxylic acids is 3. The lowest BCUT2D eigenvalue weighted by molar-refractivity contribution is -0.156. The van der Waals surface area contributed by atoms with E-state index in [0.29, 0.717) is 35.9 Å². The van der Waals surface area contributed by atoms with Crippen molar-refractivity contribution >= 4 is 35.5 Å². The summed E-state index contributed by atoms with van der Waals surface area (Å²) >= 11 is 6.14. The molecule has 1 aromatic heterocycles. The van der Waals surface area contributed by atoms with Crippen molar-refractivity contribution in [2.24, 2.45) is 7.05 Å². The highest BCUT2D eigenvalue weighted by Crippen LogP contribution is 2.21. The molecule has 0 atom stereocenters. The van der Waals surface area contributed by atoms with Gasteiger partial charge in [-0.3, -0.25) is 24.1 Å². The molecule has 1 aliphatic rings. The number of hydrogen-bond donors (Lipinski definition) is 0. The Morgan fingerprint density at radius 3 is 2.52 bits per heavy atom. The summed E-state index contributed by atoms with van der Waals surface area (Å²) in [7, 11) is 2.99. The Bertz CT molecular complexity index is 713. The van der Waals surface area contributed by atoms with Crippen LogP contribution in [0.2, 0.25) is 5.15 Å². The number of nitrogens with zero attached hydrogens (tertiary/aromatic N) is 4. The number of aromatic nitrogens is 2. The number of halogens is 1. The van der Waals surface area contributed by atoms with Crippen LogP contribution in [0.5, 0.6) is 0 Å². The molecule has 0 radical (unpaired) electrons. The van der Waals surface area contributed by atoms with Crippen molar-refractivity contribution in [2.45, 2.75) is 26.2 Å². The number of carbonyl (C=O) groups is 3. The number of ether oxygens (including phenoxy) is 1. The van der Waals surface area contributed by atoms with Crippen LogP contribution < -0.4 is 0 Å². The van der Waals surface area contributed by atoms with Crippen LogP contribution in [0.3, 0.4) is 0 Å². The molecule has 9 heteroatoms. The molecule has 1 saturated heterocycles. The molecular weight excluding hydrogens is 348 g/mol. The van der Waals surface area contributed by atoms with Gasteiger partial charge >= 0.3 is 5.97 Å². The molecule has 8 nitrogen and oxygen atoms in total. The molecular formula is C16H21ClN4O4. The highest BCUT2D eigenvalue weighted by molar-refractivity contribution is 6.31. The van der Waals surface area contributed by atoms with Crippen LogP contribution in [0.25, 0.3) is 6.08 Å². The van der Waals surface area contributed by atoms with E-state index in [-0.39, 0.29) is 24.7 Å². The maximum atomic E-state index is 12.4. The fraction of sp³-hybridized carbons (Fsp3) is 0.500. The van der Waals surface area contributed by atoms with Gasteiger partial charge in [-0.1, -0.05) is 11.6 Å². The Kier molecular flexibility index (Phi) is 6.19. The molecule has 1 aliphatic heterocycles. The van der Waals surface area contributed by atoms with Crippen molar-refractivity contribution in [3.8, 4) is 0 Å². The van der Waals surface area contributed by atoms with Gasteiger partial charge in [0.05, 0.1) is 19.2 Å². The molecule has 0 aliphatic carbocycles. The topological polar surface area (TPSA) is 84.7 Å². The van der Waals surface area contributed by atoms with Crippen molar-refractivity contribution in [2.75, 3.05) is 20.2 Å². The Labute approximate surface area is 150 Å². The van der Waals surface area contributed by atoms with Crippen LogP contribution in [0.1, 0.15) is 30.5 Å². The number of hydrogen-bond acceptors (Lipinski definition) is 5. The fourth-order valence-electron chi connectivity index (χ4n) is 2.62. The van der Waals surface area contributed by atoms with Crippen LogP contribution in [0, 0.1) is 6.92 Å². The number of aryl methyl sites for hydroxylation is 2. The van der Waals surface area contributed by atoms with Crippen LogP contribution in [-0.2, 0) is 26.2 Å². The molecule has 0 spiro atoms. The minimum Gasteiger partial charge on any atom is -0.469 e. The zero-order valence-corrected chi connectivity index (χ0v) is 15.2. The van der Waals surface area contributed by atoms with Crippen LogP contribution in [0.15, 0.2) is 6.08 Å². The Balaban J connectivity index is 2.03. The first-order chi connectivity index (χ1) is 11.8. The third-order valence-corrected chi connectivity index (χ3v) is 4.38. The molecule has 25 heavy (non-hydrogen) atoms. The summed E-state index contributed by atoms with van der Waals surface area (Å²) in [5.41, 5.74) is 1.38. The SMILES string of the molecule is COC(=O)CCC(=O)N1CCCN1C(=O)C=Cc1c(C)nn(C)c1Cl. The molecule has 0 saturated carbocycles. The van der Waals surface area contributed by atoms with Gasteiger partial charge in [0.25, 0.3) is 5.91 Å². The van der Waals surface area contributed by atoms with Crippen molar-refractivity contribution in [3.05, 3.63) is 22.5 Å². The lowest BCUT2D eigenvalue weighted by atomic mass is 10.2. The summed E-state index contributed by atoms with van der Waals surface area (Å²) in [5, 5.41) is 7.38. The summed E-state index contributed by atoms with van der Waals surface area (Å²) in [6.07, 6.45) is 3.67. The van der Waals surface area contributed by atoms with Gasteiger partial charge in [0.1, 0.15) is 5.15 Å². The molecule has 0 bridgehead atoms. The zero-order chi connectivity index (χ0) is 18.6. The lowest BCUT2D eigenvalue weighted by Gasteiger charge is -2.26. The minimum atomic E-state index is -0.452. The molecule has 2 heterocycles. The summed E-state index contributed by atoms with van der Waals surface area (Å²) in [6, 6.07) is 0. The molecule has 0 N–H and O–H groups in total. The first-order valence-electron chi connectivity index (χ1n) is 7.91. The number of esters is 1. The molecule has 2 rings (SSSR count). The smallest absolute Gasteiger partial charge is 0.306 e. The predicted octanol–water partition coefficient (Wildman–Crippen LogP) is 1.32. The highest BCUT2D eigenvalue weighted by atomic mass is 35.5. The summed E-state index contributed by atoms with van der Waals surface area (Å²) in [4.78, 5) is 35.8. The fourth-order valence-corrected chi connectivity index (χ4v) is 2.85. The standard InChI is InChI=1S/C16H21ClN4O4/c1-11-12(16(17)19(2)18-11)5-6-13(22)20-9-4-10-21(20)14(23)7-8-15(24)25-3/h5-6H,4,7-10H2,1-3H3. The predicted molar refractivity (Wildman–Crippen MR) is 91.3 cm³/mol. The molecule has 2 amide bonds. The van der Waals surface area contributed by atoms with Crippen LogP contribution >= 0.6 is 11.6 Å². The van der Waals surface area contributed by atoms with Crippen molar-refractivity contribution in [3.63, 3.8) is 0 Å². The Hall–Kier alpha value is -2.35. The normalized spacial score (nSPS) is 14.4. The van der Waals surface area contributed by atoms with Gasteiger partial charge in [-0.2, -0.15) is 5.10 Å². The molecule has 0 unspecified atom stereocenters. The summed E-state index contributed by atoms with van der Waals surface area (Å²) in [6.45, 7) is 2.70. The average Bonchev–Trinajstić information content (AvgIpc) is 3.16. The number of rotatable bonds is 5. The average molecular weight is 369 g/mol. The van der Waals surface area contributed by atoms with E-state index in [2.05, 4.69) is 9.84 Å². The van der Waals surface area contributed by atoms with Gasteiger partial charge in [0.2, 0.25) is 5.91 Å². The molecule has 136 valence electrons. The van der Waals surface area contributed by atoms with Gasteiger partial charge in [0.15, 0.2) is 0 Å².